The Kier molecular flexibility index (Phi) is 2.86. The molecule has 1 aliphatic rings. The Hall–Kier alpha value is -2.09. The van der Waals surface area contributed by atoms with Gasteiger partial charge in [-0.25, -0.2) is 0 Å². The van der Waals surface area contributed by atoms with Gasteiger partial charge in [-0.3, -0.25) is 4.79 Å². The number of para-hydroxylation sites is 1. The van der Waals surface area contributed by atoms with Gasteiger partial charge in [0.05, 0.1) is 5.92 Å². The minimum atomic E-state index is -0.0586. The molecule has 1 heterocycles. The van der Waals surface area contributed by atoms with Gasteiger partial charge >= 0.3 is 0 Å². The van der Waals surface area contributed by atoms with Crippen LogP contribution in [0.25, 0.3) is 0 Å². The molecule has 0 saturated heterocycles. The Morgan fingerprint density at radius 3 is 2.74 bits per heavy atom. The van der Waals surface area contributed by atoms with E-state index >= 15 is 0 Å². The summed E-state index contributed by atoms with van der Waals surface area (Å²) in [6, 6.07) is 14.4. The Bertz CT molecular complexity index is 645. The molecule has 0 bridgehead atoms. The Morgan fingerprint density at radius 1 is 1.11 bits per heavy atom. The van der Waals surface area contributed by atoms with Gasteiger partial charge in [-0.2, -0.15) is 0 Å². The second-order valence-electron chi connectivity index (χ2n) is 5.26. The summed E-state index contributed by atoms with van der Waals surface area (Å²) in [5.74, 6) is 0.0545. The zero-order chi connectivity index (χ0) is 13.4. The molecule has 2 heteroatoms. The maximum Gasteiger partial charge on any atom is 0.232 e. The maximum absolute atomic E-state index is 12.1. The summed E-state index contributed by atoms with van der Waals surface area (Å²) >= 11 is 0. The molecule has 1 atom stereocenters. The van der Waals surface area contributed by atoms with Crippen LogP contribution in [0.1, 0.15) is 28.2 Å². The second-order valence-corrected chi connectivity index (χ2v) is 5.26. The van der Waals surface area contributed by atoms with Gasteiger partial charge in [-0.05, 0) is 43.0 Å². The summed E-state index contributed by atoms with van der Waals surface area (Å²) in [5, 5.41) is 2.96. The van der Waals surface area contributed by atoms with Crippen molar-refractivity contribution in [3.05, 3.63) is 64.7 Å². The highest BCUT2D eigenvalue weighted by atomic mass is 16.2. The van der Waals surface area contributed by atoms with E-state index < -0.39 is 0 Å². The van der Waals surface area contributed by atoms with Crippen LogP contribution in [-0.2, 0) is 11.2 Å². The van der Waals surface area contributed by atoms with Gasteiger partial charge in [0.25, 0.3) is 0 Å². The molecule has 0 aliphatic carbocycles. The highest BCUT2D eigenvalue weighted by Gasteiger charge is 2.30. The quantitative estimate of drug-likeness (QED) is 0.868. The summed E-state index contributed by atoms with van der Waals surface area (Å²) in [6.45, 7) is 4.19. The van der Waals surface area contributed by atoms with Crippen LogP contribution in [0, 0.1) is 13.8 Å². The van der Waals surface area contributed by atoms with E-state index in [2.05, 4.69) is 37.4 Å². The van der Waals surface area contributed by atoms with E-state index in [4.69, 9.17) is 0 Å². The molecule has 2 aromatic rings. The number of rotatable bonds is 2. The summed E-state index contributed by atoms with van der Waals surface area (Å²) < 4.78 is 0. The summed E-state index contributed by atoms with van der Waals surface area (Å²) in [5.41, 5.74) is 5.84. The van der Waals surface area contributed by atoms with Gasteiger partial charge in [0.1, 0.15) is 0 Å². The summed E-state index contributed by atoms with van der Waals surface area (Å²) in [4.78, 5) is 12.1. The lowest BCUT2D eigenvalue weighted by Crippen LogP contribution is -2.14. The van der Waals surface area contributed by atoms with Crippen molar-refractivity contribution in [2.24, 2.45) is 0 Å². The summed E-state index contributed by atoms with van der Waals surface area (Å²) in [7, 11) is 0. The van der Waals surface area contributed by atoms with Crippen LogP contribution < -0.4 is 5.32 Å². The van der Waals surface area contributed by atoms with Gasteiger partial charge in [-0.1, -0.05) is 42.0 Å². The molecular weight excluding hydrogens is 234 g/mol. The number of hydrogen-bond donors (Lipinski definition) is 1. The monoisotopic (exact) mass is 251 g/mol. The van der Waals surface area contributed by atoms with Gasteiger partial charge in [0.15, 0.2) is 0 Å². The molecule has 0 aromatic heterocycles. The van der Waals surface area contributed by atoms with Crippen molar-refractivity contribution < 1.29 is 4.79 Å². The van der Waals surface area contributed by atoms with E-state index in [0.29, 0.717) is 0 Å². The zero-order valence-corrected chi connectivity index (χ0v) is 11.2. The molecule has 2 aromatic carbocycles. The van der Waals surface area contributed by atoms with Crippen molar-refractivity contribution in [3.8, 4) is 0 Å². The minimum Gasteiger partial charge on any atom is -0.325 e. The molecule has 0 unspecified atom stereocenters. The van der Waals surface area contributed by atoms with Crippen LogP contribution >= 0.6 is 0 Å². The van der Waals surface area contributed by atoms with Crippen molar-refractivity contribution in [3.63, 3.8) is 0 Å². The van der Waals surface area contributed by atoms with Crippen molar-refractivity contribution in [2.75, 3.05) is 5.32 Å². The molecule has 3 rings (SSSR count). The Balaban J connectivity index is 1.95. The Morgan fingerprint density at radius 2 is 1.89 bits per heavy atom. The third kappa shape index (κ3) is 2.14. The maximum atomic E-state index is 12.1. The van der Waals surface area contributed by atoms with Crippen LogP contribution in [0.15, 0.2) is 42.5 Å². The van der Waals surface area contributed by atoms with Gasteiger partial charge in [-0.15, -0.1) is 0 Å². The topological polar surface area (TPSA) is 29.1 Å². The lowest BCUT2D eigenvalue weighted by atomic mass is 9.90. The molecule has 0 radical (unpaired) electrons. The molecule has 0 spiro atoms. The first-order valence-electron chi connectivity index (χ1n) is 6.61. The van der Waals surface area contributed by atoms with Gasteiger partial charge in [0.2, 0.25) is 5.91 Å². The SMILES string of the molecule is Cc1ccc(C)c(C[C@H]2C(=O)Nc3ccccc32)c1. The van der Waals surface area contributed by atoms with Gasteiger partial charge in [0, 0.05) is 5.69 Å². The number of hydrogen-bond acceptors (Lipinski definition) is 1. The average Bonchev–Trinajstić information content (AvgIpc) is 2.71. The number of nitrogens with one attached hydrogen (secondary N) is 1. The third-order valence-corrected chi connectivity index (χ3v) is 3.84. The molecule has 0 saturated carbocycles. The lowest BCUT2D eigenvalue weighted by molar-refractivity contribution is -0.117. The smallest absolute Gasteiger partial charge is 0.232 e. The van der Waals surface area contributed by atoms with E-state index in [1.54, 1.807) is 0 Å². The number of benzene rings is 2. The normalized spacial score (nSPS) is 17.2. The molecular formula is C17H17NO. The zero-order valence-electron chi connectivity index (χ0n) is 11.2. The van der Waals surface area contributed by atoms with Crippen LogP contribution in [0.5, 0.6) is 0 Å². The molecule has 19 heavy (non-hydrogen) atoms. The fraction of sp³-hybridized carbons (Fsp3) is 0.235. The predicted octanol–water partition coefficient (Wildman–Crippen LogP) is 3.58. The number of amides is 1. The van der Waals surface area contributed by atoms with Crippen molar-refractivity contribution >= 4 is 11.6 Å². The largest absolute Gasteiger partial charge is 0.325 e. The lowest BCUT2D eigenvalue weighted by Gasteiger charge is -2.12. The number of carbonyl (C=O) groups is 1. The predicted molar refractivity (Wildman–Crippen MR) is 77.4 cm³/mol. The minimum absolute atomic E-state index is 0.0586. The standard InChI is InChI=1S/C17H17NO/c1-11-7-8-12(2)13(9-11)10-15-14-5-3-4-6-16(14)18-17(15)19/h3-9,15H,10H2,1-2H3,(H,18,19)/t15-/m1/s1. The Labute approximate surface area is 113 Å². The van der Waals surface area contributed by atoms with Crippen LogP contribution in [0.2, 0.25) is 0 Å². The van der Waals surface area contributed by atoms with E-state index in [9.17, 15) is 4.79 Å². The molecule has 0 fully saturated rings. The number of aryl methyl sites for hydroxylation is 2. The van der Waals surface area contributed by atoms with E-state index in [0.717, 1.165) is 17.7 Å². The van der Waals surface area contributed by atoms with Crippen molar-refractivity contribution in [2.45, 2.75) is 26.2 Å². The fourth-order valence-electron chi connectivity index (χ4n) is 2.72. The van der Waals surface area contributed by atoms with Crippen LogP contribution in [-0.4, -0.2) is 5.91 Å². The number of fused-ring (bicyclic) bond motifs is 1. The third-order valence-electron chi connectivity index (χ3n) is 3.84. The first kappa shape index (κ1) is 12.0. The molecule has 96 valence electrons. The van der Waals surface area contributed by atoms with E-state index in [1.807, 2.05) is 24.3 Å². The highest BCUT2D eigenvalue weighted by molar-refractivity contribution is 6.03. The van der Waals surface area contributed by atoms with E-state index in [1.165, 1.54) is 16.7 Å². The molecule has 1 aliphatic heterocycles. The number of anilines is 1. The van der Waals surface area contributed by atoms with Crippen LogP contribution in [0.3, 0.4) is 0 Å². The van der Waals surface area contributed by atoms with Crippen LogP contribution in [0.4, 0.5) is 5.69 Å². The first-order valence-corrected chi connectivity index (χ1v) is 6.61. The van der Waals surface area contributed by atoms with Gasteiger partial charge < -0.3 is 5.32 Å². The summed E-state index contributed by atoms with van der Waals surface area (Å²) in [6.07, 6.45) is 0.774. The van der Waals surface area contributed by atoms with Crippen molar-refractivity contribution in [1.29, 1.82) is 0 Å². The second kappa shape index (κ2) is 4.54. The molecule has 1 amide bonds. The fourth-order valence-corrected chi connectivity index (χ4v) is 2.72. The highest BCUT2D eigenvalue weighted by Crippen LogP contribution is 2.35. The first-order chi connectivity index (χ1) is 9.15. The average molecular weight is 251 g/mol. The molecule has 2 nitrogen and oxygen atoms in total. The number of carbonyl (C=O) groups excluding carboxylic acids is 1. The van der Waals surface area contributed by atoms with E-state index in [-0.39, 0.29) is 11.8 Å². The molecule has 1 N–H and O–H groups in total. The van der Waals surface area contributed by atoms with Crippen molar-refractivity contribution in [1.82, 2.24) is 0 Å².